The van der Waals surface area contributed by atoms with E-state index in [-0.39, 0.29) is 0 Å². The fourth-order valence-corrected chi connectivity index (χ4v) is 3.28. The van der Waals surface area contributed by atoms with Gasteiger partial charge in [-0.3, -0.25) is 4.99 Å². The molecule has 0 spiro atoms. The van der Waals surface area contributed by atoms with E-state index >= 15 is 0 Å². The summed E-state index contributed by atoms with van der Waals surface area (Å²) in [5.41, 5.74) is 3.88. The number of benzene rings is 1. The maximum atomic E-state index is 4.33. The minimum Gasteiger partial charge on any atom is -0.361 e. The molecule has 118 valence electrons. The van der Waals surface area contributed by atoms with Crippen LogP contribution >= 0.6 is 0 Å². The Kier molecular flexibility index (Phi) is 4.66. The number of aromatic nitrogens is 1. The topological polar surface area (TPSA) is 52.2 Å². The first kappa shape index (κ1) is 14.9. The molecule has 1 aromatic carbocycles. The molecule has 0 amide bonds. The van der Waals surface area contributed by atoms with Crippen molar-refractivity contribution in [1.82, 2.24) is 15.6 Å². The van der Waals surface area contributed by atoms with Crippen molar-refractivity contribution in [3.05, 3.63) is 35.5 Å². The summed E-state index contributed by atoms with van der Waals surface area (Å²) in [4.78, 5) is 7.70. The highest BCUT2D eigenvalue weighted by Gasteiger charge is 2.15. The molecule has 0 unspecified atom stereocenters. The predicted molar refractivity (Wildman–Crippen MR) is 93.5 cm³/mol. The third kappa shape index (κ3) is 3.43. The first-order chi connectivity index (χ1) is 10.8. The van der Waals surface area contributed by atoms with E-state index in [4.69, 9.17) is 0 Å². The molecule has 0 bridgehead atoms. The van der Waals surface area contributed by atoms with Crippen LogP contribution in [0.2, 0.25) is 0 Å². The van der Waals surface area contributed by atoms with Gasteiger partial charge in [-0.05, 0) is 43.4 Å². The normalized spacial score (nSPS) is 16.4. The van der Waals surface area contributed by atoms with E-state index in [2.05, 4.69) is 51.9 Å². The fraction of sp³-hybridized carbons (Fsp3) is 0.500. The monoisotopic (exact) mass is 298 g/mol. The molecule has 22 heavy (non-hydrogen) atoms. The Hall–Kier alpha value is -1.97. The van der Waals surface area contributed by atoms with Crippen LogP contribution in [-0.4, -0.2) is 30.6 Å². The first-order valence-electron chi connectivity index (χ1n) is 8.30. The lowest BCUT2D eigenvalue weighted by molar-refractivity contribution is 0.613. The smallest absolute Gasteiger partial charge is 0.191 e. The van der Waals surface area contributed by atoms with Crippen molar-refractivity contribution in [3.8, 4) is 0 Å². The molecular formula is C18H26N4. The quantitative estimate of drug-likeness (QED) is 0.600. The number of rotatable bonds is 4. The van der Waals surface area contributed by atoms with Crippen LogP contribution in [0, 0.1) is 6.92 Å². The van der Waals surface area contributed by atoms with Crippen molar-refractivity contribution in [3.63, 3.8) is 0 Å². The molecule has 1 fully saturated rings. The van der Waals surface area contributed by atoms with Gasteiger partial charge in [0.1, 0.15) is 0 Å². The molecule has 3 N–H and O–H groups in total. The maximum Gasteiger partial charge on any atom is 0.191 e. The lowest BCUT2D eigenvalue weighted by Crippen LogP contribution is -2.42. The van der Waals surface area contributed by atoms with Gasteiger partial charge in [0.15, 0.2) is 5.96 Å². The summed E-state index contributed by atoms with van der Waals surface area (Å²) in [5, 5.41) is 8.28. The van der Waals surface area contributed by atoms with E-state index in [1.54, 1.807) is 0 Å². The molecule has 0 aliphatic heterocycles. The van der Waals surface area contributed by atoms with Crippen molar-refractivity contribution in [2.24, 2.45) is 4.99 Å². The summed E-state index contributed by atoms with van der Waals surface area (Å²) >= 11 is 0. The number of hydrogen-bond acceptors (Lipinski definition) is 1. The first-order valence-corrected chi connectivity index (χ1v) is 8.30. The molecule has 1 heterocycles. The van der Waals surface area contributed by atoms with Crippen LogP contribution in [0.5, 0.6) is 0 Å². The zero-order chi connectivity index (χ0) is 15.4. The van der Waals surface area contributed by atoms with Gasteiger partial charge in [-0.2, -0.15) is 0 Å². The second kappa shape index (κ2) is 6.86. The van der Waals surface area contributed by atoms with Gasteiger partial charge < -0.3 is 15.6 Å². The lowest BCUT2D eigenvalue weighted by Gasteiger charge is -2.16. The highest BCUT2D eigenvalue weighted by molar-refractivity contribution is 5.84. The van der Waals surface area contributed by atoms with Crippen molar-refractivity contribution < 1.29 is 0 Å². The Balaban J connectivity index is 1.54. The second-order valence-corrected chi connectivity index (χ2v) is 6.24. The molecule has 1 aliphatic rings. The Morgan fingerprint density at radius 2 is 2.14 bits per heavy atom. The van der Waals surface area contributed by atoms with Crippen LogP contribution in [0.15, 0.2) is 29.4 Å². The lowest BCUT2D eigenvalue weighted by atomic mass is 10.1. The Morgan fingerprint density at radius 3 is 2.91 bits per heavy atom. The fourth-order valence-electron chi connectivity index (χ4n) is 3.28. The molecule has 2 aromatic rings. The minimum atomic E-state index is 0.599. The Morgan fingerprint density at radius 1 is 1.32 bits per heavy atom. The van der Waals surface area contributed by atoms with Crippen LogP contribution in [0.1, 0.15) is 36.8 Å². The molecule has 4 heteroatoms. The van der Waals surface area contributed by atoms with Gasteiger partial charge in [-0.15, -0.1) is 0 Å². The predicted octanol–water partition coefficient (Wildman–Crippen LogP) is 3.13. The number of aryl methyl sites for hydroxylation is 1. The number of hydrogen-bond donors (Lipinski definition) is 3. The summed E-state index contributed by atoms with van der Waals surface area (Å²) in [6, 6.07) is 7.19. The van der Waals surface area contributed by atoms with Gasteiger partial charge in [0.05, 0.1) is 0 Å². The zero-order valence-corrected chi connectivity index (χ0v) is 13.6. The van der Waals surface area contributed by atoms with E-state index < -0.39 is 0 Å². The molecule has 0 atom stereocenters. The SMILES string of the molecule is CN=C(NCCc1c[nH]c2cc(C)ccc12)NC1CCCC1. The molecule has 0 radical (unpaired) electrons. The molecule has 1 aromatic heterocycles. The zero-order valence-electron chi connectivity index (χ0n) is 13.6. The van der Waals surface area contributed by atoms with Crippen LogP contribution in [0.3, 0.4) is 0 Å². The van der Waals surface area contributed by atoms with Gasteiger partial charge >= 0.3 is 0 Å². The van der Waals surface area contributed by atoms with E-state index in [0.29, 0.717) is 6.04 Å². The average molecular weight is 298 g/mol. The molecule has 1 saturated carbocycles. The van der Waals surface area contributed by atoms with Crippen LogP contribution in [0.4, 0.5) is 0 Å². The summed E-state index contributed by atoms with van der Waals surface area (Å²) in [6.07, 6.45) is 8.32. The van der Waals surface area contributed by atoms with E-state index in [0.717, 1.165) is 18.9 Å². The maximum absolute atomic E-state index is 4.33. The van der Waals surface area contributed by atoms with Gasteiger partial charge in [0.2, 0.25) is 0 Å². The third-order valence-electron chi connectivity index (χ3n) is 4.53. The number of nitrogens with one attached hydrogen (secondary N) is 3. The number of fused-ring (bicyclic) bond motifs is 1. The average Bonchev–Trinajstić information content (AvgIpc) is 3.16. The molecular weight excluding hydrogens is 272 g/mol. The molecule has 1 aliphatic carbocycles. The highest BCUT2D eigenvalue weighted by atomic mass is 15.2. The number of nitrogens with zero attached hydrogens (tertiary/aromatic N) is 1. The number of aliphatic imine (C=N–C) groups is 1. The van der Waals surface area contributed by atoms with E-state index in [1.807, 2.05) is 7.05 Å². The summed E-state index contributed by atoms with van der Waals surface area (Å²) in [5.74, 6) is 0.933. The van der Waals surface area contributed by atoms with Crippen molar-refractivity contribution in [2.75, 3.05) is 13.6 Å². The largest absolute Gasteiger partial charge is 0.361 e. The Labute approximate surface area is 132 Å². The van der Waals surface area contributed by atoms with Crippen molar-refractivity contribution in [1.29, 1.82) is 0 Å². The number of H-pyrrole nitrogens is 1. The van der Waals surface area contributed by atoms with Gasteiger partial charge in [0, 0.05) is 36.7 Å². The van der Waals surface area contributed by atoms with E-state index in [9.17, 15) is 0 Å². The number of aromatic amines is 1. The van der Waals surface area contributed by atoms with Gasteiger partial charge in [-0.25, -0.2) is 0 Å². The van der Waals surface area contributed by atoms with Gasteiger partial charge in [0.25, 0.3) is 0 Å². The van der Waals surface area contributed by atoms with Crippen molar-refractivity contribution in [2.45, 2.75) is 45.1 Å². The minimum absolute atomic E-state index is 0.599. The molecule has 4 nitrogen and oxygen atoms in total. The van der Waals surface area contributed by atoms with Crippen LogP contribution in [-0.2, 0) is 6.42 Å². The third-order valence-corrected chi connectivity index (χ3v) is 4.53. The summed E-state index contributed by atoms with van der Waals surface area (Å²) < 4.78 is 0. The second-order valence-electron chi connectivity index (χ2n) is 6.24. The number of guanidine groups is 1. The van der Waals surface area contributed by atoms with Crippen LogP contribution < -0.4 is 10.6 Å². The highest BCUT2D eigenvalue weighted by Crippen LogP contribution is 2.20. The molecule has 3 rings (SSSR count). The standard InChI is InChI=1S/C18H26N4/c1-13-7-8-16-14(12-21-17(16)11-13)9-10-20-18(19-2)22-15-5-3-4-6-15/h7-8,11-12,15,21H,3-6,9-10H2,1-2H3,(H2,19,20,22). The Bertz CT molecular complexity index is 650. The molecule has 0 saturated heterocycles. The van der Waals surface area contributed by atoms with Crippen LogP contribution in [0.25, 0.3) is 10.9 Å². The van der Waals surface area contributed by atoms with Gasteiger partial charge in [-0.1, -0.05) is 25.0 Å². The summed E-state index contributed by atoms with van der Waals surface area (Å²) in [7, 11) is 1.85. The van der Waals surface area contributed by atoms with Crippen molar-refractivity contribution >= 4 is 16.9 Å². The summed E-state index contributed by atoms with van der Waals surface area (Å²) in [6.45, 7) is 3.02. The van der Waals surface area contributed by atoms with E-state index in [1.165, 1.54) is 47.7 Å².